The number of rotatable bonds is 3. The van der Waals surface area contributed by atoms with E-state index >= 15 is 0 Å². The minimum atomic E-state index is 0.0629. The van der Waals surface area contributed by atoms with Crippen molar-refractivity contribution in [1.29, 1.82) is 0 Å². The van der Waals surface area contributed by atoms with Gasteiger partial charge in [0, 0.05) is 10.9 Å². The van der Waals surface area contributed by atoms with Crippen LogP contribution in [0, 0.1) is 11.3 Å². The summed E-state index contributed by atoms with van der Waals surface area (Å²) in [6.07, 6.45) is 6.37. The monoisotopic (exact) mass is 262 g/mol. The number of carbonyl (C=O) groups is 1. The van der Waals surface area contributed by atoms with Gasteiger partial charge in [-0.1, -0.05) is 30.2 Å². The molecule has 1 atom stereocenters. The van der Waals surface area contributed by atoms with Crippen molar-refractivity contribution in [1.82, 2.24) is 5.43 Å². The number of nitrogens with one attached hydrogen (secondary N) is 1. The smallest absolute Gasteiger partial charge is 0.243 e. The molecule has 0 aromatic heterocycles. The van der Waals surface area contributed by atoms with Gasteiger partial charge in [-0.3, -0.25) is 4.79 Å². The van der Waals surface area contributed by atoms with Gasteiger partial charge in [0.2, 0.25) is 5.91 Å². The number of carbonyl (C=O) groups excluding carboxylic acids is 1. The molecule has 1 spiro atoms. The van der Waals surface area contributed by atoms with Crippen molar-refractivity contribution in [2.75, 3.05) is 0 Å². The van der Waals surface area contributed by atoms with Gasteiger partial charge < -0.3 is 0 Å². The molecule has 0 aliphatic heterocycles. The Morgan fingerprint density at radius 1 is 1.50 bits per heavy atom. The first-order valence-electron chi connectivity index (χ1n) is 6.28. The molecule has 94 valence electrons. The van der Waals surface area contributed by atoms with Gasteiger partial charge >= 0.3 is 0 Å². The Morgan fingerprint density at radius 2 is 2.33 bits per heavy atom. The zero-order valence-corrected chi connectivity index (χ0v) is 10.8. The maximum atomic E-state index is 11.8. The summed E-state index contributed by atoms with van der Waals surface area (Å²) in [6.45, 7) is 0. The molecule has 1 amide bonds. The zero-order chi connectivity index (χ0) is 12.6. The van der Waals surface area contributed by atoms with Crippen LogP contribution in [0.2, 0.25) is 5.02 Å². The quantitative estimate of drug-likeness (QED) is 0.660. The van der Waals surface area contributed by atoms with E-state index in [-0.39, 0.29) is 11.8 Å². The van der Waals surface area contributed by atoms with Crippen LogP contribution < -0.4 is 5.43 Å². The van der Waals surface area contributed by atoms with Crippen molar-refractivity contribution >= 4 is 23.7 Å². The maximum absolute atomic E-state index is 11.8. The molecule has 2 aliphatic rings. The molecule has 1 aromatic rings. The molecule has 4 heteroatoms. The number of amides is 1. The van der Waals surface area contributed by atoms with E-state index in [0.29, 0.717) is 10.4 Å². The number of hydrogen-bond acceptors (Lipinski definition) is 2. The third kappa shape index (κ3) is 2.15. The highest BCUT2D eigenvalue weighted by Gasteiger charge is 2.60. The minimum Gasteiger partial charge on any atom is -0.273 e. The topological polar surface area (TPSA) is 41.5 Å². The van der Waals surface area contributed by atoms with Crippen molar-refractivity contribution in [2.24, 2.45) is 16.4 Å². The second kappa shape index (κ2) is 4.39. The molecule has 2 aliphatic carbocycles. The lowest BCUT2D eigenvalue weighted by molar-refractivity contribution is -0.123. The van der Waals surface area contributed by atoms with Crippen molar-refractivity contribution < 1.29 is 4.79 Å². The van der Waals surface area contributed by atoms with Crippen molar-refractivity contribution in [3.8, 4) is 0 Å². The lowest BCUT2D eigenvalue weighted by atomic mass is 9.80. The van der Waals surface area contributed by atoms with E-state index in [4.69, 9.17) is 11.6 Å². The standard InChI is InChI=1S/C14H15ClN2O/c15-11-4-1-3-10(7-11)9-16-17-13(18)12-8-14(12)5-2-6-14/h1,3-4,7,9,12H,2,5-6,8H2,(H,17,18)/t12-/m1/s1. The van der Waals surface area contributed by atoms with E-state index in [9.17, 15) is 4.79 Å². The number of hydrazone groups is 1. The number of halogens is 1. The van der Waals surface area contributed by atoms with E-state index in [0.717, 1.165) is 12.0 Å². The van der Waals surface area contributed by atoms with Gasteiger partial charge in [0.1, 0.15) is 0 Å². The summed E-state index contributed by atoms with van der Waals surface area (Å²) in [5.41, 5.74) is 3.87. The largest absolute Gasteiger partial charge is 0.273 e. The predicted molar refractivity (Wildman–Crippen MR) is 71.6 cm³/mol. The molecular formula is C14H15ClN2O. The Bertz CT molecular complexity index is 508. The second-order valence-electron chi connectivity index (χ2n) is 5.26. The molecule has 1 N–H and O–H groups in total. The summed E-state index contributed by atoms with van der Waals surface area (Å²) >= 11 is 5.86. The highest BCUT2D eigenvalue weighted by atomic mass is 35.5. The fourth-order valence-electron chi connectivity index (χ4n) is 2.74. The van der Waals surface area contributed by atoms with Gasteiger partial charge in [0.05, 0.1) is 6.21 Å². The summed E-state index contributed by atoms with van der Waals surface area (Å²) in [6, 6.07) is 7.37. The van der Waals surface area contributed by atoms with Crippen LogP contribution in [0.4, 0.5) is 0 Å². The van der Waals surface area contributed by atoms with Gasteiger partial charge in [0.15, 0.2) is 0 Å². The number of benzene rings is 1. The first-order valence-corrected chi connectivity index (χ1v) is 6.66. The second-order valence-corrected chi connectivity index (χ2v) is 5.70. The van der Waals surface area contributed by atoms with Crippen molar-refractivity contribution in [3.63, 3.8) is 0 Å². The van der Waals surface area contributed by atoms with E-state index in [2.05, 4.69) is 10.5 Å². The van der Waals surface area contributed by atoms with E-state index in [1.54, 1.807) is 6.21 Å². The van der Waals surface area contributed by atoms with Crippen LogP contribution in [0.25, 0.3) is 0 Å². The Morgan fingerprint density at radius 3 is 2.94 bits per heavy atom. The first kappa shape index (κ1) is 11.7. The Balaban J connectivity index is 1.53. The molecule has 18 heavy (non-hydrogen) atoms. The average molecular weight is 263 g/mol. The van der Waals surface area contributed by atoms with Crippen molar-refractivity contribution in [3.05, 3.63) is 34.9 Å². The minimum absolute atomic E-state index is 0.0629. The fourth-order valence-corrected chi connectivity index (χ4v) is 2.94. The molecule has 0 unspecified atom stereocenters. The van der Waals surface area contributed by atoms with Crippen molar-refractivity contribution in [2.45, 2.75) is 25.7 Å². The van der Waals surface area contributed by atoms with Crippen LogP contribution in [0.15, 0.2) is 29.4 Å². The molecule has 0 saturated heterocycles. The van der Waals surface area contributed by atoms with E-state index in [1.807, 2.05) is 24.3 Å². The maximum Gasteiger partial charge on any atom is 0.243 e. The van der Waals surface area contributed by atoms with Crippen LogP contribution in [-0.4, -0.2) is 12.1 Å². The van der Waals surface area contributed by atoms with E-state index in [1.165, 1.54) is 19.3 Å². The molecule has 3 rings (SSSR count). The summed E-state index contributed by atoms with van der Waals surface area (Å²) in [7, 11) is 0. The molecular weight excluding hydrogens is 248 g/mol. The highest BCUT2D eigenvalue weighted by Crippen LogP contribution is 2.65. The molecule has 3 nitrogen and oxygen atoms in total. The predicted octanol–water partition coefficient (Wildman–Crippen LogP) is 2.98. The molecule has 0 bridgehead atoms. The van der Waals surface area contributed by atoms with Gasteiger partial charge in [-0.05, 0) is 42.4 Å². The SMILES string of the molecule is O=C(NN=Cc1cccc(Cl)c1)[C@H]1CC12CCC2. The van der Waals surface area contributed by atoms with Gasteiger partial charge in [-0.25, -0.2) is 5.43 Å². The molecule has 2 saturated carbocycles. The Labute approximate surface area is 111 Å². The van der Waals surface area contributed by atoms with Gasteiger partial charge in [-0.15, -0.1) is 0 Å². The van der Waals surface area contributed by atoms with Crippen LogP contribution >= 0.6 is 11.6 Å². The van der Waals surface area contributed by atoms with Gasteiger partial charge in [-0.2, -0.15) is 5.10 Å². The third-order valence-corrected chi connectivity index (χ3v) is 4.33. The summed E-state index contributed by atoms with van der Waals surface area (Å²) in [4.78, 5) is 11.8. The summed E-state index contributed by atoms with van der Waals surface area (Å²) < 4.78 is 0. The summed E-state index contributed by atoms with van der Waals surface area (Å²) in [5.74, 6) is 0.260. The number of hydrogen-bond donors (Lipinski definition) is 1. The summed E-state index contributed by atoms with van der Waals surface area (Å²) in [5, 5.41) is 4.65. The fraction of sp³-hybridized carbons (Fsp3) is 0.429. The molecule has 0 radical (unpaired) electrons. The number of nitrogens with zero attached hydrogens (tertiary/aromatic N) is 1. The van der Waals surface area contributed by atoms with Crippen LogP contribution in [-0.2, 0) is 4.79 Å². The molecule has 0 heterocycles. The highest BCUT2D eigenvalue weighted by molar-refractivity contribution is 6.30. The lowest BCUT2D eigenvalue weighted by Gasteiger charge is -2.25. The van der Waals surface area contributed by atoms with Crippen LogP contribution in [0.5, 0.6) is 0 Å². The average Bonchev–Trinajstić information content (AvgIpc) is 3.04. The molecule has 1 aromatic carbocycles. The Hall–Kier alpha value is -1.35. The van der Waals surface area contributed by atoms with E-state index < -0.39 is 0 Å². The lowest BCUT2D eigenvalue weighted by Crippen LogP contribution is -2.26. The third-order valence-electron chi connectivity index (χ3n) is 4.09. The Kier molecular flexibility index (Phi) is 2.86. The normalized spacial score (nSPS) is 23.9. The van der Waals surface area contributed by atoms with Gasteiger partial charge in [0.25, 0.3) is 0 Å². The zero-order valence-electron chi connectivity index (χ0n) is 10.0. The van der Waals surface area contributed by atoms with Crippen LogP contribution in [0.1, 0.15) is 31.2 Å². The molecule has 2 fully saturated rings. The van der Waals surface area contributed by atoms with Crippen LogP contribution in [0.3, 0.4) is 0 Å². The first-order chi connectivity index (χ1) is 8.70.